The van der Waals surface area contributed by atoms with Gasteiger partial charge in [-0.15, -0.1) is 5.10 Å². The summed E-state index contributed by atoms with van der Waals surface area (Å²) in [5.41, 5.74) is 0. The Morgan fingerprint density at radius 3 is 2.72 bits per heavy atom. The summed E-state index contributed by atoms with van der Waals surface area (Å²) in [6, 6.07) is 6.16. The minimum Gasteiger partial charge on any atom is -0.247 e. The Kier molecular flexibility index (Phi) is 3.79. The van der Waals surface area contributed by atoms with Crippen molar-refractivity contribution in [2.75, 3.05) is 11.0 Å². The maximum atomic E-state index is 12.0. The maximum Gasteiger partial charge on any atom is 0.265 e. The number of hydrogen-bond donors (Lipinski definition) is 2. The van der Waals surface area contributed by atoms with E-state index in [2.05, 4.69) is 19.9 Å². The second-order valence-corrected chi connectivity index (χ2v) is 6.04. The van der Waals surface area contributed by atoms with E-state index in [-0.39, 0.29) is 15.9 Å². The summed E-state index contributed by atoms with van der Waals surface area (Å²) >= 11 is 7.14. The summed E-state index contributed by atoms with van der Waals surface area (Å²) in [5, 5.41) is 6.89. The highest BCUT2D eigenvalue weighted by Gasteiger charge is 2.19. The van der Waals surface area contributed by atoms with Crippen molar-refractivity contribution in [3.05, 3.63) is 29.3 Å². The number of hydrogen-bond acceptors (Lipinski definition) is 5. The van der Waals surface area contributed by atoms with Gasteiger partial charge in [0.25, 0.3) is 10.0 Å². The standard InChI is InChI=1S/C9H9ClN4O2S2/c1-17-9-11-8(12-13-9)14-18(15,16)7-5-3-2-4-6(7)10/h2-5H,1H3,(H2,11,12,13,14). The van der Waals surface area contributed by atoms with Crippen molar-refractivity contribution in [2.45, 2.75) is 10.1 Å². The molecule has 96 valence electrons. The lowest BCUT2D eigenvalue weighted by Gasteiger charge is -2.05. The van der Waals surface area contributed by atoms with Gasteiger partial charge in [0.05, 0.1) is 5.02 Å². The summed E-state index contributed by atoms with van der Waals surface area (Å²) in [6.07, 6.45) is 1.79. The molecule has 0 aliphatic carbocycles. The van der Waals surface area contributed by atoms with Gasteiger partial charge < -0.3 is 0 Å². The third kappa shape index (κ3) is 2.77. The van der Waals surface area contributed by atoms with Crippen LogP contribution in [0.15, 0.2) is 34.3 Å². The molecule has 0 unspecified atom stereocenters. The first kappa shape index (κ1) is 13.2. The molecule has 0 fully saturated rings. The van der Waals surface area contributed by atoms with E-state index in [1.54, 1.807) is 18.4 Å². The molecule has 0 spiro atoms. The molecule has 0 saturated heterocycles. The summed E-state index contributed by atoms with van der Waals surface area (Å²) < 4.78 is 26.3. The van der Waals surface area contributed by atoms with E-state index in [1.807, 2.05) is 0 Å². The van der Waals surface area contributed by atoms with E-state index < -0.39 is 10.0 Å². The molecule has 2 aromatic rings. The minimum atomic E-state index is -3.76. The van der Waals surface area contributed by atoms with E-state index in [0.717, 1.165) is 0 Å². The lowest BCUT2D eigenvalue weighted by Crippen LogP contribution is -2.14. The molecule has 0 amide bonds. The smallest absolute Gasteiger partial charge is 0.247 e. The Hall–Kier alpha value is -1.25. The van der Waals surface area contributed by atoms with Gasteiger partial charge >= 0.3 is 0 Å². The van der Waals surface area contributed by atoms with E-state index in [0.29, 0.717) is 5.16 Å². The molecule has 1 heterocycles. The minimum absolute atomic E-state index is 0.00577. The Labute approximate surface area is 113 Å². The summed E-state index contributed by atoms with van der Waals surface area (Å²) in [4.78, 5) is 3.93. The number of halogens is 1. The molecule has 0 aliphatic heterocycles. The number of sulfonamides is 1. The second-order valence-electron chi connectivity index (χ2n) is 3.21. The Morgan fingerprint density at radius 1 is 1.39 bits per heavy atom. The number of aromatic amines is 1. The normalized spacial score (nSPS) is 11.4. The zero-order valence-electron chi connectivity index (χ0n) is 9.21. The molecule has 1 aromatic carbocycles. The summed E-state index contributed by atoms with van der Waals surface area (Å²) in [5.74, 6) is 0.0549. The predicted octanol–water partition coefficient (Wildman–Crippen LogP) is 1.98. The van der Waals surface area contributed by atoms with Crippen molar-refractivity contribution in [3.63, 3.8) is 0 Å². The fraction of sp³-hybridized carbons (Fsp3) is 0.111. The second kappa shape index (κ2) is 5.17. The van der Waals surface area contributed by atoms with Crippen LogP contribution in [0.3, 0.4) is 0 Å². The Balaban J connectivity index is 2.30. The highest BCUT2D eigenvalue weighted by molar-refractivity contribution is 7.98. The fourth-order valence-corrected chi connectivity index (χ4v) is 3.03. The van der Waals surface area contributed by atoms with E-state index in [9.17, 15) is 8.42 Å². The number of benzene rings is 1. The number of nitrogens with zero attached hydrogens (tertiary/aromatic N) is 2. The topological polar surface area (TPSA) is 87.7 Å². The molecule has 18 heavy (non-hydrogen) atoms. The molecule has 2 rings (SSSR count). The molecular weight excluding hydrogens is 296 g/mol. The average molecular weight is 305 g/mol. The highest BCUT2D eigenvalue weighted by Crippen LogP contribution is 2.22. The average Bonchev–Trinajstić information content (AvgIpc) is 2.76. The Bertz CT molecular complexity index is 656. The van der Waals surface area contributed by atoms with Crippen molar-refractivity contribution in [2.24, 2.45) is 0 Å². The predicted molar refractivity (Wildman–Crippen MR) is 70.4 cm³/mol. The van der Waals surface area contributed by atoms with Gasteiger partial charge in [-0.25, -0.2) is 18.2 Å². The first-order valence-electron chi connectivity index (χ1n) is 4.76. The molecule has 0 radical (unpaired) electrons. The van der Waals surface area contributed by atoms with Crippen LogP contribution >= 0.6 is 23.4 Å². The van der Waals surface area contributed by atoms with Crippen LogP contribution in [0.4, 0.5) is 5.95 Å². The van der Waals surface area contributed by atoms with Crippen LogP contribution in [0.2, 0.25) is 5.02 Å². The molecule has 6 nitrogen and oxygen atoms in total. The van der Waals surface area contributed by atoms with E-state index in [4.69, 9.17) is 11.6 Å². The maximum absolute atomic E-state index is 12.0. The molecule has 0 aliphatic rings. The van der Waals surface area contributed by atoms with Gasteiger partial charge in [0.1, 0.15) is 4.90 Å². The lowest BCUT2D eigenvalue weighted by atomic mass is 10.4. The van der Waals surface area contributed by atoms with E-state index >= 15 is 0 Å². The van der Waals surface area contributed by atoms with Crippen LogP contribution in [0.25, 0.3) is 0 Å². The van der Waals surface area contributed by atoms with Crippen LogP contribution in [0.1, 0.15) is 0 Å². The van der Waals surface area contributed by atoms with Gasteiger partial charge in [-0.05, 0) is 18.4 Å². The molecule has 0 atom stereocenters. The third-order valence-electron chi connectivity index (χ3n) is 2.00. The van der Waals surface area contributed by atoms with Crippen molar-refractivity contribution >= 4 is 39.3 Å². The third-order valence-corrected chi connectivity index (χ3v) is 4.39. The SMILES string of the molecule is CSc1n[nH]c(NS(=O)(=O)c2ccccc2Cl)n1. The van der Waals surface area contributed by atoms with Gasteiger partial charge in [0.15, 0.2) is 0 Å². The quantitative estimate of drug-likeness (QED) is 0.843. The molecular formula is C9H9ClN4O2S2. The number of anilines is 1. The van der Waals surface area contributed by atoms with Crippen molar-refractivity contribution < 1.29 is 8.42 Å². The zero-order valence-corrected chi connectivity index (χ0v) is 11.6. The van der Waals surface area contributed by atoms with Gasteiger partial charge in [-0.3, -0.25) is 0 Å². The van der Waals surface area contributed by atoms with Gasteiger partial charge in [0.2, 0.25) is 11.1 Å². The molecule has 0 saturated carbocycles. The molecule has 1 aromatic heterocycles. The van der Waals surface area contributed by atoms with Crippen molar-refractivity contribution in [3.8, 4) is 0 Å². The van der Waals surface area contributed by atoms with Gasteiger partial charge in [-0.1, -0.05) is 35.5 Å². The van der Waals surface area contributed by atoms with Crippen molar-refractivity contribution in [1.82, 2.24) is 15.2 Å². The van der Waals surface area contributed by atoms with Crippen LogP contribution in [0, 0.1) is 0 Å². The number of nitrogens with one attached hydrogen (secondary N) is 2. The Morgan fingerprint density at radius 2 is 2.11 bits per heavy atom. The van der Waals surface area contributed by atoms with Crippen LogP contribution in [-0.4, -0.2) is 29.9 Å². The summed E-state index contributed by atoms with van der Waals surface area (Å²) in [7, 11) is -3.76. The number of thioether (sulfide) groups is 1. The monoisotopic (exact) mass is 304 g/mol. The molecule has 0 bridgehead atoms. The number of aromatic nitrogens is 3. The van der Waals surface area contributed by atoms with Gasteiger partial charge in [-0.2, -0.15) is 4.98 Å². The van der Waals surface area contributed by atoms with Crippen LogP contribution in [-0.2, 0) is 10.0 Å². The number of rotatable bonds is 4. The first-order valence-corrected chi connectivity index (χ1v) is 7.85. The zero-order chi connectivity index (χ0) is 13.2. The van der Waals surface area contributed by atoms with Gasteiger partial charge in [0, 0.05) is 0 Å². The van der Waals surface area contributed by atoms with Crippen LogP contribution < -0.4 is 4.72 Å². The molecule has 9 heteroatoms. The van der Waals surface area contributed by atoms with Crippen molar-refractivity contribution in [1.29, 1.82) is 0 Å². The molecule has 2 N–H and O–H groups in total. The largest absolute Gasteiger partial charge is 0.265 e. The van der Waals surface area contributed by atoms with Crippen LogP contribution in [0.5, 0.6) is 0 Å². The fourth-order valence-electron chi connectivity index (χ4n) is 1.23. The number of H-pyrrole nitrogens is 1. The first-order chi connectivity index (χ1) is 8.53. The highest BCUT2D eigenvalue weighted by atomic mass is 35.5. The lowest BCUT2D eigenvalue weighted by molar-refractivity contribution is 0.601. The summed E-state index contributed by atoms with van der Waals surface area (Å²) in [6.45, 7) is 0. The van der Waals surface area contributed by atoms with E-state index in [1.165, 1.54) is 23.9 Å².